The maximum atomic E-state index is 9.93. The molecule has 0 saturated heterocycles. The van der Waals surface area contributed by atoms with Gasteiger partial charge in [0.2, 0.25) is 0 Å². The quantitative estimate of drug-likeness (QED) is 0.523. The van der Waals surface area contributed by atoms with E-state index in [1.807, 2.05) is 6.92 Å². The van der Waals surface area contributed by atoms with Crippen molar-refractivity contribution in [2.75, 3.05) is 0 Å². The summed E-state index contributed by atoms with van der Waals surface area (Å²) in [6.45, 7) is 1.88. The van der Waals surface area contributed by atoms with Gasteiger partial charge in [0.05, 0.1) is 0 Å². The second-order valence-electron chi connectivity index (χ2n) is 1.77. The SMILES string of the molecule is Cc1ccc(OB([O-])[O-])s1. The third-order valence-corrected chi connectivity index (χ3v) is 1.82. The van der Waals surface area contributed by atoms with Crippen molar-refractivity contribution in [3.63, 3.8) is 0 Å². The Morgan fingerprint density at radius 2 is 2.20 bits per heavy atom. The molecule has 0 aliphatic heterocycles. The second-order valence-corrected chi connectivity index (χ2v) is 3.02. The molecule has 10 heavy (non-hydrogen) atoms. The minimum absolute atomic E-state index is 0.396. The molecule has 0 aliphatic carbocycles. The van der Waals surface area contributed by atoms with E-state index >= 15 is 0 Å². The number of aryl methyl sites for hydroxylation is 1. The van der Waals surface area contributed by atoms with E-state index in [1.165, 1.54) is 11.3 Å². The van der Waals surface area contributed by atoms with Gasteiger partial charge in [-0.2, -0.15) is 0 Å². The fraction of sp³-hybridized carbons (Fsp3) is 0.200. The van der Waals surface area contributed by atoms with Crippen molar-refractivity contribution in [1.82, 2.24) is 0 Å². The van der Waals surface area contributed by atoms with Crippen LogP contribution in [0.15, 0.2) is 12.1 Å². The van der Waals surface area contributed by atoms with Gasteiger partial charge in [0.25, 0.3) is 0 Å². The van der Waals surface area contributed by atoms with Crippen molar-refractivity contribution in [2.45, 2.75) is 6.92 Å². The Morgan fingerprint density at radius 1 is 1.50 bits per heavy atom. The molecule has 0 saturated carbocycles. The molecular weight excluding hydrogens is 151 g/mol. The molecule has 0 spiro atoms. The summed E-state index contributed by atoms with van der Waals surface area (Å²) in [6.07, 6.45) is 0. The highest BCUT2D eigenvalue weighted by molar-refractivity contribution is 7.13. The van der Waals surface area contributed by atoms with Crippen molar-refractivity contribution in [3.8, 4) is 5.06 Å². The monoisotopic (exact) mass is 156 g/mol. The van der Waals surface area contributed by atoms with Gasteiger partial charge in [-0.25, -0.2) is 0 Å². The summed E-state index contributed by atoms with van der Waals surface area (Å²) < 4.78 is 4.34. The molecule has 5 heteroatoms. The van der Waals surface area contributed by atoms with Gasteiger partial charge in [0.1, 0.15) is 7.32 Å². The molecule has 0 unspecified atom stereocenters. The summed E-state index contributed by atoms with van der Waals surface area (Å²) in [5.74, 6) is 0. The fourth-order valence-electron chi connectivity index (χ4n) is 0.570. The van der Waals surface area contributed by atoms with Crippen LogP contribution in [-0.4, -0.2) is 7.32 Å². The highest BCUT2D eigenvalue weighted by Gasteiger charge is 1.92. The molecular formula is C5H5BO3S-2. The van der Waals surface area contributed by atoms with Crippen molar-refractivity contribution < 1.29 is 14.7 Å². The molecule has 0 N–H and O–H groups in total. The number of hydrogen-bond donors (Lipinski definition) is 0. The van der Waals surface area contributed by atoms with Crippen molar-refractivity contribution in [3.05, 3.63) is 17.0 Å². The van der Waals surface area contributed by atoms with Gasteiger partial charge in [0.15, 0.2) is 5.06 Å². The Hall–Kier alpha value is -0.515. The van der Waals surface area contributed by atoms with Gasteiger partial charge in [-0.3, -0.25) is 0 Å². The van der Waals surface area contributed by atoms with E-state index in [9.17, 15) is 10.0 Å². The number of hydrogen-bond acceptors (Lipinski definition) is 4. The predicted molar refractivity (Wildman–Crippen MR) is 35.4 cm³/mol. The fourth-order valence-corrected chi connectivity index (χ4v) is 1.29. The topological polar surface area (TPSA) is 55.3 Å². The summed E-state index contributed by atoms with van der Waals surface area (Å²) in [4.78, 5) is 1.02. The molecule has 0 atom stereocenters. The minimum Gasteiger partial charge on any atom is -0.860 e. The first-order chi connectivity index (χ1) is 4.68. The molecule has 54 valence electrons. The van der Waals surface area contributed by atoms with Crippen molar-refractivity contribution in [1.29, 1.82) is 0 Å². The maximum absolute atomic E-state index is 9.93. The maximum Gasteiger partial charge on any atom is 0.152 e. The van der Waals surface area contributed by atoms with Gasteiger partial charge in [-0.1, -0.05) is 0 Å². The van der Waals surface area contributed by atoms with Crippen LogP contribution in [0.3, 0.4) is 0 Å². The third-order valence-electron chi connectivity index (χ3n) is 0.928. The highest BCUT2D eigenvalue weighted by atomic mass is 32.1. The highest BCUT2D eigenvalue weighted by Crippen LogP contribution is 2.22. The van der Waals surface area contributed by atoms with Crippen molar-refractivity contribution >= 4 is 18.7 Å². The van der Waals surface area contributed by atoms with Gasteiger partial charge < -0.3 is 14.7 Å². The average molecular weight is 156 g/mol. The smallest absolute Gasteiger partial charge is 0.152 e. The van der Waals surface area contributed by atoms with Crippen molar-refractivity contribution in [2.24, 2.45) is 0 Å². The first-order valence-electron chi connectivity index (χ1n) is 2.73. The standard InChI is InChI=1S/C5H5BO3S/c1-4-2-3-5(10-4)9-6(7)8/h2-3H,1H3/q-2. The van der Waals surface area contributed by atoms with Crippen LogP contribution >= 0.6 is 11.3 Å². The molecule has 0 aromatic carbocycles. The minimum atomic E-state index is -2.21. The first kappa shape index (κ1) is 7.59. The van der Waals surface area contributed by atoms with Crippen LogP contribution in [0.4, 0.5) is 0 Å². The molecule has 0 amide bonds. The van der Waals surface area contributed by atoms with Crippen LogP contribution in [0.1, 0.15) is 4.88 Å². The zero-order valence-electron chi connectivity index (χ0n) is 5.37. The van der Waals surface area contributed by atoms with Gasteiger partial charge >= 0.3 is 0 Å². The molecule has 0 bridgehead atoms. The Labute approximate surface area is 63.1 Å². The lowest BCUT2D eigenvalue weighted by molar-refractivity contribution is -0.372. The van der Waals surface area contributed by atoms with E-state index < -0.39 is 7.32 Å². The molecule has 0 radical (unpaired) electrons. The summed E-state index contributed by atoms with van der Waals surface area (Å²) >= 11 is 1.29. The zero-order valence-corrected chi connectivity index (χ0v) is 6.18. The molecule has 1 aromatic rings. The molecule has 1 rings (SSSR count). The molecule has 0 fully saturated rings. The number of rotatable bonds is 2. The van der Waals surface area contributed by atoms with E-state index in [-0.39, 0.29) is 0 Å². The van der Waals surface area contributed by atoms with E-state index in [4.69, 9.17) is 0 Å². The summed E-state index contributed by atoms with van der Waals surface area (Å²) in [5, 5.41) is 20.3. The van der Waals surface area contributed by atoms with Crippen LogP contribution in [-0.2, 0) is 0 Å². The normalized spacial score (nSPS) is 9.50. The van der Waals surface area contributed by atoms with Gasteiger partial charge in [-0.05, 0) is 19.1 Å². The van der Waals surface area contributed by atoms with E-state index in [2.05, 4.69) is 4.65 Å². The second kappa shape index (κ2) is 3.05. The van der Waals surface area contributed by atoms with Crippen LogP contribution in [0, 0.1) is 6.92 Å². The van der Waals surface area contributed by atoms with Gasteiger partial charge in [0, 0.05) is 4.88 Å². The van der Waals surface area contributed by atoms with Crippen LogP contribution < -0.4 is 14.7 Å². The summed E-state index contributed by atoms with van der Waals surface area (Å²) in [7, 11) is -2.21. The number of thiophene rings is 1. The van der Waals surface area contributed by atoms with E-state index in [0.29, 0.717) is 5.06 Å². The lowest BCUT2D eigenvalue weighted by Gasteiger charge is -2.25. The molecule has 0 aliphatic rings. The predicted octanol–water partition coefficient (Wildman–Crippen LogP) is -0.859. The first-order valence-corrected chi connectivity index (χ1v) is 3.55. The third kappa shape index (κ3) is 2.02. The van der Waals surface area contributed by atoms with Crippen LogP contribution in [0.5, 0.6) is 5.06 Å². The molecule has 3 nitrogen and oxygen atoms in total. The zero-order chi connectivity index (χ0) is 7.56. The van der Waals surface area contributed by atoms with E-state index in [0.717, 1.165) is 4.88 Å². The van der Waals surface area contributed by atoms with Crippen LogP contribution in [0.2, 0.25) is 0 Å². The lowest BCUT2D eigenvalue weighted by Crippen LogP contribution is -2.50. The van der Waals surface area contributed by atoms with Gasteiger partial charge in [-0.15, -0.1) is 11.3 Å². The Kier molecular flexibility index (Phi) is 2.31. The summed E-state index contributed by atoms with van der Waals surface area (Å²) in [6, 6.07) is 3.41. The molecule has 1 aromatic heterocycles. The Balaban J connectivity index is 2.58. The largest absolute Gasteiger partial charge is 0.860 e. The lowest BCUT2D eigenvalue weighted by atomic mass is 10.3. The van der Waals surface area contributed by atoms with E-state index in [1.54, 1.807) is 12.1 Å². The molecule has 1 heterocycles. The Bertz CT molecular complexity index is 210. The Morgan fingerprint density at radius 3 is 2.60 bits per heavy atom. The van der Waals surface area contributed by atoms with Crippen LogP contribution in [0.25, 0.3) is 0 Å². The summed E-state index contributed by atoms with van der Waals surface area (Å²) in [5.41, 5.74) is 0. The average Bonchev–Trinajstić information content (AvgIpc) is 2.13.